The second-order valence-corrected chi connectivity index (χ2v) is 9.19. The molecule has 0 saturated carbocycles. The Hall–Kier alpha value is -1.58. The molecule has 0 bridgehead atoms. The maximum Gasteiger partial charge on any atom is 0.251 e. The van der Waals surface area contributed by atoms with E-state index in [0.717, 1.165) is 0 Å². The number of benzene rings is 1. The number of aliphatic hydroxyl groups excluding tert-OH is 1. The number of rotatable bonds is 21. The quantitative estimate of drug-likeness (QED) is 0.0841. The van der Waals surface area contributed by atoms with E-state index in [1.807, 2.05) is 13.8 Å². The molecule has 6 N–H and O–H groups in total. The fourth-order valence-electron chi connectivity index (χ4n) is 2.78. The number of ether oxygens (including phenoxy) is 5. The van der Waals surface area contributed by atoms with Gasteiger partial charge in [-0.2, -0.15) is 0 Å². The standard InChI is InChI=1S/C21H37N3O6.C8H14NO.W/c1-17(2)23-7-8-24-21(26)18-5-3-6-19(15-18)30-16-20(22)29-14-13-28-12-11-27-10-4-9-25;1-8(2)4-3-6-10-7-5-9;/h3,5-6,15,17,20,23,25H,4,7-14,16,22H2,1-2H3,(H,24,26);8-9H,5-7H2,1-2H3;/q;-1;. The van der Waals surface area contributed by atoms with Crippen LogP contribution in [0.4, 0.5) is 0 Å². The summed E-state index contributed by atoms with van der Waals surface area (Å²) < 4.78 is 26.7. The molecule has 11 nitrogen and oxygen atoms in total. The van der Waals surface area contributed by atoms with Gasteiger partial charge in [0.25, 0.3) is 5.91 Å². The summed E-state index contributed by atoms with van der Waals surface area (Å²) in [6.07, 6.45) is 0.0235. The zero-order valence-electron chi connectivity index (χ0n) is 25.1. The summed E-state index contributed by atoms with van der Waals surface area (Å²) >= 11 is 0. The maximum absolute atomic E-state index is 12.2. The number of carbonyl (C=O) groups is 1. The fraction of sp³-hybridized carbons (Fsp3) is 0.690. The van der Waals surface area contributed by atoms with Gasteiger partial charge in [0.1, 0.15) is 25.2 Å². The molecule has 0 radical (unpaired) electrons. The van der Waals surface area contributed by atoms with Crippen molar-refractivity contribution < 1.29 is 54.7 Å². The van der Waals surface area contributed by atoms with Crippen LogP contribution in [0.2, 0.25) is 0 Å². The van der Waals surface area contributed by atoms with Gasteiger partial charge >= 0.3 is 0 Å². The van der Waals surface area contributed by atoms with E-state index in [1.54, 1.807) is 24.3 Å². The number of hydrogen-bond donors (Lipinski definition) is 4. The van der Waals surface area contributed by atoms with Crippen LogP contribution in [-0.2, 0) is 40.0 Å². The number of amides is 1. The van der Waals surface area contributed by atoms with Crippen LogP contribution in [0.15, 0.2) is 24.3 Å². The summed E-state index contributed by atoms with van der Waals surface area (Å²) in [5.74, 6) is 6.65. The SMILES string of the molecule is CC(C)C#CCOCC[NH-].CC(C)NCCNC(=O)c1cccc(OCC(N)OCCOCCOCCCO)c1.[W]. The molecule has 236 valence electrons. The second-order valence-electron chi connectivity index (χ2n) is 9.19. The Labute approximate surface area is 261 Å². The van der Waals surface area contributed by atoms with Crippen molar-refractivity contribution in [2.75, 3.05) is 79.1 Å². The number of nitrogens with one attached hydrogen (secondary N) is 3. The van der Waals surface area contributed by atoms with Crippen LogP contribution in [0.25, 0.3) is 5.73 Å². The molecule has 0 aliphatic carbocycles. The molecule has 1 aromatic carbocycles. The van der Waals surface area contributed by atoms with Crippen LogP contribution in [0.1, 0.15) is 44.5 Å². The number of hydrogen-bond acceptors (Lipinski definition) is 9. The van der Waals surface area contributed by atoms with E-state index < -0.39 is 6.23 Å². The van der Waals surface area contributed by atoms with E-state index in [9.17, 15) is 4.79 Å². The Bertz CT molecular complexity index is 807. The van der Waals surface area contributed by atoms with Crippen molar-refractivity contribution >= 4 is 5.91 Å². The molecule has 1 unspecified atom stereocenters. The molecule has 0 heterocycles. The molecule has 0 aromatic heterocycles. The van der Waals surface area contributed by atoms with E-state index in [0.29, 0.717) is 95.6 Å². The van der Waals surface area contributed by atoms with Crippen LogP contribution in [0.5, 0.6) is 5.75 Å². The normalized spacial score (nSPS) is 11.1. The molecular formula is C29H51N4O7W-. The Morgan fingerprint density at radius 2 is 1.73 bits per heavy atom. The molecule has 0 fully saturated rings. The van der Waals surface area contributed by atoms with E-state index in [1.165, 1.54) is 0 Å². The van der Waals surface area contributed by atoms with Crippen LogP contribution in [0.3, 0.4) is 0 Å². The van der Waals surface area contributed by atoms with Gasteiger partial charge in [0.2, 0.25) is 0 Å². The largest absolute Gasteiger partial charge is 0.676 e. The minimum atomic E-state index is -0.603. The van der Waals surface area contributed by atoms with Crippen molar-refractivity contribution in [3.63, 3.8) is 0 Å². The van der Waals surface area contributed by atoms with Gasteiger partial charge in [-0.25, -0.2) is 0 Å². The average molecular weight is 752 g/mol. The number of carbonyl (C=O) groups excluding carboxylic acids is 1. The van der Waals surface area contributed by atoms with Crippen molar-refractivity contribution in [1.82, 2.24) is 10.6 Å². The zero-order chi connectivity index (χ0) is 29.8. The molecular weight excluding hydrogens is 700 g/mol. The van der Waals surface area contributed by atoms with Gasteiger partial charge in [0.15, 0.2) is 0 Å². The number of nitrogens with two attached hydrogens (primary N) is 1. The Balaban J connectivity index is 0. The predicted octanol–water partition coefficient (Wildman–Crippen LogP) is 2.22. The van der Waals surface area contributed by atoms with Crippen molar-refractivity contribution in [3.05, 3.63) is 35.6 Å². The smallest absolute Gasteiger partial charge is 0.251 e. The summed E-state index contributed by atoms with van der Waals surface area (Å²) in [5.41, 5.74) is 13.2. The van der Waals surface area contributed by atoms with E-state index in [2.05, 4.69) is 36.3 Å². The van der Waals surface area contributed by atoms with Crippen molar-refractivity contribution in [2.24, 2.45) is 11.7 Å². The van der Waals surface area contributed by atoms with Gasteiger partial charge in [0.05, 0.1) is 26.4 Å². The van der Waals surface area contributed by atoms with Gasteiger partial charge in [-0.05, 0) is 24.6 Å². The Morgan fingerprint density at radius 1 is 1.02 bits per heavy atom. The summed E-state index contributed by atoms with van der Waals surface area (Å²) in [6.45, 7) is 13.2. The van der Waals surface area contributed by atoms with E-state index in [-0.39, 0.29) is 40.2 Å². The van der Waals surface area contributed by atoms with Crippen LogP contribution < -0.4 is 21.1 Å². The van der Waals surface area contributed by atoms with Gasteiger partial charge < -0.3 is 50.9 Å². The molecule has 1 rings (SSSR count). The van der Waals surface area contributed by atoms with Crippen LogP contribution in [-0.4, -0.2) is 102 Å². The molecule has 0 spiro atoms. The first-order valence-corrected chi connectivity index (χ1v) is 13.9. The third-order valence-electron chi connectivity index (χ3n) is 4.66. The fourth-order valence-corrected chi connectivity index (χ4v) is 2.78. The maximum atomic E-state index is 12.2. The van der Waals surface area contributed by atoms with Gasteiger partial charge in [0, 0.05) is 71.5 Å². The molecule has 0 saturated heterocycles. The first-order valence-electron chi connectivity index (χ1n) is 13.9. The third kappa shape index (κ3) is 28.3. The van der Waals surface area contributed by atoms with Gasteiger partial charge in [-0.15, -0.1) is 6.54 Å². The topological polar surface area (TPSA) is 157 Å². The summed E-state index contributed by atoms with van der Waals surface area (Å²) in [5, 5.41) is 14.7. The molecule has 1 atom stereocenters. The first-order chi connectivity index (χ1) is 19.3. The molecule has 41 heavy (non-hydrogen) atoms. The van der Waals surface area contributed by atoms with Crippen molar-refractivity contribution in [3.8, 4) is 17.6 Å². The molecule has 1 amide bonds. The third-order valence-corrected chi connectivity index (χ3v) is 4.66. The second kappa shape index (κ2) is 29.9. The van der Waals surface area contributed by atoms with Gasteiger partial charge in [-0.3, -0.25) is 4.79 Å². The molecule has 12 heteroatoms. The minimum absolute atomic E-state index is 0. The van der Waals surface area contributed by atoms with Gasteiger partial charge in [-0.1, -0.05) is 45.6 Å². The van der Waals surface area contributed by atoms with Crippen LogP contribution >= 0.6 is 0 Å². The van der Waals surface area contributed by atoms with E-state index in [4.69, 9.17) is 40.3 Å². The molecule has 0 aliphatic rings. The van der Waals surface area contributed by atoms with Crippen LogP contribution in [0, 0.1) is 17.8 Å². The van der Waals surface area contributed by atoms with E-state index >= 15 is 0 Å². The summed E-state index contributed by atoms with van der Waals surface area (Å²) in [6, 6.07) is 7.33. The van der Waals surface area contributed by atoms with Crippen molar-refractivity contribution in [2.45, 2.75) is 46.4 Å². The summed E-state index contributed by atoms with van der Waals surface area (Å²) in [7, 11) is 0. The number of aliphatic hydroxyl groups is 1. The first kappa shape index (κ1) is 41.6. The van der Waals surface area contributed by atoms with Crippen molar-refractivity contribution in [1.29, 1.82) is 0 Å². The summed E-state index contributed by atoms with van der Waals surface area (Å²) in [4.78, 5) is 12.2. The molecule has 0 aliphatic heterocycles. The zero-order valence-corrected chi connectivity index (χ0v) is 28.0. The Morgan fingerprint density at radius 3 is 2.39 bits per heavy atom. The predicted molar refractivity (Wildman–Crippen MR) is 157 cm³/mol. The minimum Gasteiger partial charge on any atom is -0.676 e. The monoisotopic (exact) mass is 751 g/mol. The Kier molecular flexibility index (Phi) is 30.3. The average Bonchev–Trinajstić information content (AvgIpc) is 2.93. The molecule has 1 aromatic rings.